The van der Waals surface area contributed by atoms with Gasteiger partial charge in [0.1, 0.15) is 0 Å². The standard InChI is InChI=1S/C29H32N4O4/c34-19-18-32(20-22-6-2-1-3-7-22)26(35)21-31-14-12-30(13-15-31)16-17-33-28(36)24-10-4-8-23-9-5-11-25(27(23)24)29(33)37/h1-11,34H,12-21H2. The molecule has 3 amide bonds. The normalized spacial score (nSPS) is 16.4. The Labute approximate surface area is 216 Å². The molecule has 1 N–H and O–H groups in total. The molecule has 0 spiro atoms. The molecule has 8 nitrogen and oxygen atoms in total. The molecule has 0 atom stereocenters. The molecule has 1 saturated heterocycles. The molecule has 8 heteroatoms. The molecule has 0 unspecified atom stereocenters. The average Bonchev–Trinajstić information content (AvgIpc) is 2.93. The molecule has 2 aliphatic heterocycles. The highest BCUT2D eigenvalue weighted by Crippen LogP contribution is 2.29. The number of nitrogens with zero attached hydrogens (tertiary/aromatic N) is 4. The fourth-order valence-corrected chi connectivity index (χ4v) is 5.20. The Morgan fingerprint density at radius 1 is 0.784 bits per heavy atom. The average molecular weight is 501 g/mol. The monoisotopic (exact) mass is 500 g/mol. The summed E-state index contributed by atoms with van der Waals surface area (Å²) in [6, 6.07) is 20.9. The first-order valence-electron chi connectivity index (χ1n) is 12.8. The van der Waals surface area contributed by atoms with Crippen molar-refractivity contribution in [3.63, 3.8) is 0 Å². The summed E-state index contributed by atoms with van der Waals surface area (Å²) in [5.74, 6) is -0.467. The Balaban J connectivity index is 1.13. The van der Waals surface area contributed by atoms with E-state index in [0.717, 1.165) is 42.5 Å². The summed E-state index contributed by atoms with van der Waals surface area (Å²) in [7, 11) is 0. The molecule has 3 aromatic rings. The quantitative estimate of drug-likeness (QED) is 0.453. The number of hydrogen-bond donors (Lipinski definition) is 1. The van der Waals surface area contributed by atoms with Gasteiger partial charge in [-0.25, -0.2) is 0 Å². The predicted octanol–water partition coefficient (Wildman–Crippen LogP) is 2.07. The van der Waals surface area contributed by atoms with E-state index >= 15 is 0 Å². The van der Waals surface area contributed by atoms with Crippen molar-refractivity contribution in [2.45, 2.75) is 6.54 Å². The molecule has 3 aromatic carbocycles. The number of rotatable bonds is 9. The molecule has 2 heterocycles. The molecule has 1 fully saturated rings. The maximum Gasteiger partial charge on any atom is 0.261 e. The maximum absolute atomic E-state index is 13.1. The lowest BCUT2D eigenvalue weighted by Crippen LogP contribution is -2.52. The van der Waals surface area contributed by atoms with Gasteiger partial charge in [0.05, 0.1) is 13.2 Å². The van der Waals surface area contributed by atoms with E-state index in [1.165, 1.54) is 4.90 Å². The minimum Gasteiger partial charge on any atom is -0.395 e. The van der Waals surface area contributed by atoms with Crippen molar-refractivity contribution in [2.75, 3.05) is 59.0 Å². The number of aliphatic hydroxyl groups is 1. The van der Waals surface area contributed by atoms with Gasteiger partial charge in [-0.15, -0.1) is 0 Å². The highest BCUT2D eigenvalue weighted by atomic mass is 16.3. The van der Waals surface area contributed by atoms with Gasteiger partial charge in [-0.3, -0.25) is 29.1 Å². The number of aliphatic hydroxyl groups excluding tert-OH is 1. The summed E-state index contributed by atoms with van der Waals surface area (Å²) in [5.41, 5.74) is 2.20. The molecule has 0 radical (unpaired) electrons. The van der Waals surface area contributed by atoms with Gasteiger partial charge in [0.25, 0.3) is 11.8 Å². The smallest absolute Gasteiger partial charge is 0.261 e. The second-order valence-corrected chi connectivity index (χ2v) is 9.61. The lowest BCUT2D eigenvalue weighted by Gasteiger charge is -2.36. The van der Waals surface area contributed by atoms with Crippen molar-refractivity contribution >= 4 is 28.5 Å². The summed E-state index contributed by atoms with van der Waals surface area (Å²) in [6.07, 6.45) is 0. The van der Waals surface area contributed by atoms with Crippen molar-refractivity contribution in [3.8, 4) is 0 Å². The van der Waals surface area contributed by atoms with Crippen LogP contribution in [-0.2, 0) is 11.3 Å². The van der Waals surface area contributed by atoms with Gasteiger partial charge >= 0.3 is 0 Å². The molecule has 37 heavy (non-hydrogen) atoms. The van der Waals surface area contributed by atoms with Crippen LogP contribution < -0.4 is 0 Å². The van der Waals surface area contributed by atoms with Crippen molar-refractivity contribution in [1.29, 1.82) is 0 Å². The van der Waals surface area contributed by atoms with Gasteiger partial charge in [-0.05, 0) is 23.1 Å². The Morgan fingerprint density at radius 2 is 1.41 bits per heavy atom. The fraction of sp³-hybridized carbons (Fsp3) is 0.345. The van der Waals surface area contributed by atoms with Gasteiger partial charge in [-0.2, -0.15) is 0 Å². The van der Waals surface area contributed by atoms with E-state index < -0.39 is 0 Å². The first-order chi connectivity index (χ1) is 18.0. The van der Waals surface area contributed by atoms with E-state index in [0.29, 0.717) is 43.9 Å². The van der Waals surface area contributed by atoms with Crippen LogP contribution in [0.15, 0.2) is 66.7 Å². The van der Waals surface area contributed by atoms with Gasteiger partial charge in [-0.1, -0.05) is 54.6 Å². The first-order valence-corrected chi connectivity index (χ1v) is 12.8. The Hall–Kier alpha value is -3.59. The lowest BCUT2D eigenvalue weighted by molar-refractivity contribution is -0.134. The zero-order chi connectivity index (χ0) is 25.8. The van der Waals surface area contributed by atoms with Crippen molar-refractivity contribution in [2.24, 2.45) is 0 Å². The molecule has 0 aliphatic carbocycles. The third-order valence-corrected chi connectivity index (χ3v) is 7.26. The highest BCUT2D eigenvalue weighted by molar-refractivity contribution is 6.25. The third-order valence-electron chi connectivity index (χ3n) is 7.26. The van der Waals surface area contributed by atoms with Crippen LogP contribution in [0.25, 0.3) is 10.8 Å². The summed E-state index contributed by atoms with van der Waals surface area (Å²) < 4.78 is 0. The van der Waals surface area contributed by atoms with Crippen LogP contribution in [0.2, 0.25) is 0 Å². The molecule has 192 valence electrons. The van der Waals surface area contributed by atoms with Crippen molar-refractivity contribution < 1.29 is 19.5 Å². The third kappa shape index (κ3) is 5.41. The molecule has 0 saturated carbocycles. The molecule has 0 bridgehead atoms. The van der Waals surface area contributed by atoms with Crippen molar-refractivity contribution in [1.82, 2.24) is 19.6 Å². The Kier molecular flexibility index (Phi) is 7.60. The SMILES string of the molecule is O=C(CN1CCN(CCN2C(=O)c3cccc4cccc(c34)C2=O)CC1)N(CCO)Cc1ccccc1. The summed E-state index contributed by atoms with van der Waals surface area (Å²) >= 11 is 0. The summed E-state index contributed by atoms with van der Waals surface area (Å²) in [4.78, 5) is 46.6. The van der Waals surface area contributed by atoms with Crippen LogP contribution in [0, 0.1) is 0 Å². The number of imide groups is 1. The van der Waals surface area contributed by atoms with E-state index in [1.807, 2.05) is 54.6 Å². The van der Waals surface area contributed by atoms with Gasteiger partial charge < -0.3 is 10.0 Å². The largest absolute Gasteiger partial charge is 0.395 e. The Bertz CT molecular complexity index is 1240. The van der Waals surface area contributed by atoms with Crippen LogP contribution >= 0.6 is 0 Å². The van der Waals surface area contributed by atoms with Gasteiger partial charge in [0.15, 0.2) is 0 Å². The summed E-state index contributed by atoms with van der Waals surface area (Å²) in [6.45, 7) is 4.94. The van der Waals surface area contributed by atoms with Crippen LogP contribution in [-0.4, -0.2) is 101 Å². The topological polar surface area (TPSA) is 84.4 Å². The van der Waals surface area contributed by atoms with E-state index in [4.69, 9.17) is 0 Å². The van der Waals surface area contributed by atoms with E-state index in [1.54, 1.807) is 17.0 Å². The van der Waals surface area contributed by atoms with Crippen LogP contribution in [0.3, 0.4) is 0 Å². The lowest BCUT2D eigenvalue weighted by atomic mass is 9.94. The second kappa shape index (κ2) is 11.2. The predicted molar refractivity (Wildman–Crippen MR) is 141 cm³/mol. The van der Waals surface area contributed by atoms with Crippen molar-refractivity contribution in [3.05, 3.63) is 83.4 Å². The minimum absolute atomic E-state index is 0.00343. The molecule has 5 rings (SSSR count). The van der Waals surface area contributed by atoms with Crippen LogP contribution in [0.1, 0.15) is 26.3 Å². The number of piperazine rings is 1. The van der Waals surface area contributed by atoms with E-state index in [-0.39, 0.29) is 24.3 Å². The minimum atomic E-state index is -0.235. The maximum atomic E-state index is 13.1. The Morgan fingerprint density at radius 3 is 2.03 bits per heavy atom. The van der Waals surface area contributed by atoms with Crippen LogP contribution in [0.4, 0.5) is 0 Å². The number of benzene rings is 3. The number of amides is 3. The van der Waals surface area contributed by atoms with Crippen LogP contribution in [0.5, 0.6) is 0 Å². The first kappa shape index (κ1) is 25.1. The van der Waals surface area contributed by atoms with E-state index in [9.17, 15) is 19.5 Å². The van der Waals surface area contributed by atoms with E-state index in [2.05, 4.69) is 9.80 Å². The summed E-state index contributed by atoms with van der Waals surface area (Å²) in [5, 5.41) is 11.1. The molecular weight excluding hydrogens is 468 g/mol. The number of hydrogen-bond acceptors (Lipinski definition) is 6. The fourth-order valence-electron chi connectivity index (χ4n) is 5.20. The zero-order valence-corrected chi connectivity index (χ0v) is 20.9. The number of carbonyl (C=O) groups is 3. The second-order valence-electron chi connectivity index (χ2n) is 9.61. The molecule has 2 aliphatic rings. The molecular formula is C29H32N4O4. The number of carbonyl (C=O) groups excluding carboxylic acids is 3. The van der Waals surface area contributed by atoms with Gasteiger partial charge in [0.2, 0.25) is 5.91 Å². The molecule has 0 aromatic heterocycles. The zero-order valence-electron chi connectivity index (χ0n) is 20.9. The highest BCUT2D eigenvalue weighted by Gasteiger charge is 2.33. The van der Waals surface area contributed by atoms with Gasteiger partial charge in [0, 0.05) is 68.9 Å².